The Hall–Kier alpha value is -0.680. The lowest BCUT2D eigenvalue weighted by Gasteiger charge is -2.38. The maximum absolute atomic E-state index is 12.0. The van der Waals surface area contributed by atoms with Gasteiger partial charge in [0, 0.05) is 6.04 Å². The molecule has 17 heavy (non-hydrogen) atoms. The Bertz CT molecular complexity index is 293. The van der Waals surface area contributed by atoms with Crippen molar-refractivity contribution in [2.24, 2.45) is 5.73 Å². The third kappa shape index (κ3) is 3.92. The molecule has 0 bridgehead atoms. The smallest absolute Gasteiger partial charge is 0.237 e. The van der Waals surface area contributed by atoms with E-state index in [1.165, 1.54) is 0 Å². The van der Waals surface area contributed by atoms with Crippen molar-refractivity contribution < 1.29 is 4.79 Å². The van der Waals surface area contributed by atoms with Gasteiger partial charge >= 0.3 is 0 Å². The van der Waals surface area contributed by atoms with E-state index < -0.39 is 0 Å². The van der Waals surface area contributed by atoms with E-state index in [2.05, 4.69) is 10.2 Å². The fraction of sp³-hybridized carbons (Fsp3) is 0.833. The Balaban J connectivity index is 2.67. The van der Waals surface area contributed by atoms with Crippen LogP contribution in [0.1, 0.15) is 40.0 Å². The molecule has 1 aliphatic heterocycles. The van der Waals surface area contributed by atoms with Crippen molar-refractivity contribution in [1.29, 1.82) is 0 Å². The number of carbonyl (C=O) groups is 1. The lowest BCUT2D eigenvalue weighted by Crippen LogP contribution is -2.56. The standard InChI is InChI=1S/C12H23N3OS/c1-8(2)14-12(16)9(3)15-7-5-4-6-10(15)11(13)17/h8-10H,4-7H2,1-3H3,(H2,13,17)(H,14,16). The number of nitrogens with two attached hydrogens (primary N) is 1. The van der Waals surface area contributed by atoms with Crippen molar-refractivity contribution in [3.05, 3.63) is 0 Å². The molecule has 1 fully saturated rings. The summed E-state index contributed by atoms with van der Waals surface area (Å²) in [5, 5.41) is 2.93. The molecule has 0 aromatic carbocycles. The number of piperidine rings is 1. The SMILES string of the molecule is CC(C)NC(=O)C(C)N1CCCCC1C(N)=S. The van der Waals surface area contributed by atoms with Crippen LogP contribution in [-0.2, 0) is 4.79 Å². The predicted octanol–water partition coefficient (Wildman–Crippen LogP) is 1.04. The number of likely N-dealkylation sites (tertiary alicyclic amines) is 1. The average Bonchev–Trinajstić information content (AvgIpc) is 2.27. The van der Waals surface area contributed by atoms with E-state index in [-0.39, 0.29) is 24.0 Å². The lowest BCUT2D eigenvalue weighted by molar-refractivity contribution is -0.127. The second-order valence-corrected chi connectivity index (χ2v) is 5.46. The van der Waals surface area contributed by atoms with E-state index in [0.717, 1.165) is 25.8 Å². The highest BCUT2D eigenvalue weighted by Crippen LogP contribution is 2.20. The summed E-state index contributed by atoms with van der Waals surface area (Å²) >= 11 is 5.09. The van der Waals surface area contributed by atoms with Crippen LogP contribution >= 0.6 is 12.2 Å². The minimum atomic E-state index is -0.163. The van der Waals surface area contributed by atoms with Gasteiger partial charge < -0.3 is 11.1 Å². The number of nitrogens with zero attached hydrogens (tertiary/aromatic N) is 1. The predicted molar refractivity (Wildman–Crippen MR) is 73.9 cm³/mol. The van der Waals surface area contributed by atoms with Crippen molar-refractivity contribution in [2.75, 3.05) is 6.54 Å². The normalized spacial score (nSPS) is 23.4. The second kappa shape index (κ2) is 6.31. The topological polar surface area (TPSA) is 58.4 Å². The van der Waals surface area contributed by atoms with Crippen LogP contribution < -0.4 is 11.1 Å². The number of thiocarbonyl (C=S) groups is 1. The fourth-order valence-electron chi connectivity index (χ4n) is 2.28. The van der Waals surface area contributed by atoms with Crippen molar-refractivity contribution in [3.63, 3.8) is 0 Å². The van der Waals surface area contributed by atoms with Crippen LogP contribution in [0.5, 0.6) is 0 Å². The summed E-state index contributed by atoms with van der Waals surface area (Å²) in [7, 11) is 0. The van der Waals surface area contributed by atoms with Crippen molar-refractivity contribution >= 4 is 23.1 Å². The molecule has 4 nitrogen and oxygen atoms in total. The van der Waals surface area contributed by atoms with Crippen LogP contribution in [0.4, 0.5) is 0 Å². The maximum Gasteiger partial charge on any atom is 0.237 e. The first kappa shape index (κ1) is 14.4. The van der Waals surface area contributed by atoms with Crippen LogP contribution in [0.3, 0.4) is 0 Å². The van der Waals surface area contributed by atoms with Crippen LogP contribution in [0.15, 0.2) is 0 Å². The molecule has 2 atom stereocenters. The summed E-state index contributed by atoms with van der Waals surface area (Å²) in [6, 6.07) is 0.0777. The first-order chi connectivity index (χ1) is 7.93. The molecule has 0 aromatic heterocycles. The molecule has 0 aromatic rings. The zero-order chi connectivity index (χ0) is 13.0. The van der Waals surface area contributed by atoms with Crippen molar-refractivity contribution in [2.45, 2.75) is 58.2 Å². The fourth-order valence-corrected chi connectivity index (χ4v) is 2.53. The second-order valence-electron chi connectivity index (χ2n) is 4.99. The molecule has 3 N–H and O–H groups in total. The van der Waals surface area contributed by atoms with Gasteiger partial charge in [-0.3, -0.25) is 9.69 Å². The highest BCUT2D eigenvalue weighted by atomic mass is 32.1. The molecule has 1 saturated heterocycles. The Morgan fingerprint density at radius 1 is 1.41 bits per heavy atom. The molecule has 0 aliphatic carbocycles. The summed E-state index contributed by atoms with van der Waals surface area (Å²) in [4.78, 5) is 14.6. The summed E-state index contributed by atoms with van der Waals surface area (Å²) in [5.74, 6) is 0.0585. The number of amides is 1. The number of carbonyl (C=O) groups excluding carboxylic acids is 1. The lowest BCUT2D eigenvalue weighted by atomic mass is 9.99. The summed E-state index contributed by atoms with van der Waals surface area (Å²) in [6.45, 7) is 6.75. The molecule has 2 unspecified atom stereocenters. The molecular weight excluding hydrogens is 234 g/mol. The number of hydrogen-bond acceptors (Lipinski definition) is 3. The van der Waals surface area contributed by atoms with E-state index in [4.69, 9.17) is 18.0 Å². The van der Waals surface area contributed by atoms with Gasteiger partial charge in [0.05, 0.1) is 17.1 Å². The number of rotatable bonds is 4. The first-order valence-electron chi connectivity index (χ1n) is 6.29. The largest absolute Gasteiger partial charge is 0.392 e. The third-order valence-electron chi connectivity index (χ3n) is 3.18. The molecule has 5 heteroatoms. The zero-order valence-corrected chi connectivity index (χ0v) is 11.7. The van der Waals surface area contributed by atoms with E-state index in [0.29, 0.717) is 4.99 Å². The van der Waals surface area contributed by atoms with Crippen molar-refractivity contribution in [3.8, 4) is 0 Å². The van der Waals surface area contributed by atoms with E-state index in [1.54, 1.807) is 0 Å². The molecule has 0 radical (unpaired) electrons. The maximum atomic E-state index is 12.0. The molecular formula is C12H23N3OS. The molecule has 1 heterocycles. The van der Waals surface area contributed by atoms with Crippen LogP contribution in [0.25, 0.3) is 0 Å². The Kier molecular flexibility index (Phi) is 5.33. The van der Waals surface area contributed by atoms with Gasteiger partial charge in [0.15, 0.2) is 0 Å². The van der Waals surface area contributed by atoms with Gasteiger partial charge in [0.25, 0.3) is 0 Å². The minimum absolute atomic E-state index is 0.0585. The summed E-state index contributed by atoms with van der Waals surface area (Å²) < 4.78 is 0. The van der Waals surface area contributed by atoms with E-state index in [1.807, 2.05) is 20.8 Å². The van der Waals surface area contributed by atoms with Gasteiger partial charge in [-0.25, -0.2) is 0 Å². The van der Waals surface area contributed by atoms with Crippen molar-refractivity contribution in [1.82, 2.24) is 10.2 Å². The highest BCUT2D eigenvalue weighted by molar-refractivity contribution is 7.80. The van der Waals surface area contributed by atoms with Crippen LogP contribution in [0.2, 0.25) is 0 Å². The molecule has 0 saturated carbocycles. The highest BCUT2D eigenvalue weighted by Gasteiger charge is 2.31. The van der Waals surface area contributed by atoms with Gasteiger partial charge in [-0.05, 0) is 40.2 Å². The Morgan fingerprint density at radius 3 is 2.59 bits per heavy atom. The van der Waals surface area contributed by atoms with E-state index in [9.17, 15) is 4.79 Å². The molecule has 1 rings (SSSR count). The summed E-state index contributed by atoms with van der Waals surface area (Å²) in [5.41, 5.74) is 5.75. The Labute approximate surface area is 109 Å². The molecule has 98 valence electrons. The van der Waals surface area contributed by atoms with Crippen LogP contribution in [0, 0.1) is 0 Å². The van der Waals surface area contributed by atoms with Gasteiger partial charge in [0.2, 0.25) is 5.91 Å². The summed E-state index contributed by atoms with van der Waals surface area (Å²) in [6.07, 6.45) is 3.21. The zero-order valence-electron chi connectivity index (χ0n) is 10.9. The van der Waals surface area contributed by atoms with Gasteiger partial charge in [-0.2, -0.15) is 0 Å². The van der Waals surface area contributed by atoms with Gasteiger partial charge in [-0.1, -0.05) is 18.6 Å². The molecule has 1 amide bonds. The minimum Gasteiger partial charge on any atom is -0.392 e. The number of nitrogens with one attached hydrogen (secondary N) is 1. The third-order valence-corrected chi connectivity index (χ3v) is 3.45. The first-order valence-corrected chi connectivity index (χ1v) is 6.69. The van der Waals surface area contributed by atoms with Crippen LogP contribution in [-0.4, -0.2) is 40.5 Å². The Morgan fingerprint density at radius 2 is 2.06 bits per heavy atom. The van der Waals surface area contributed by atoms with Gasteiger partial charge in [-0.15, -0.1) is 0 Å². The van der Waals surface area contributed by atoms with Gasteiger partial charge in [0.1, 0.15) is 0 Å². The van der Waals surface area contributed by atoms with E-state index >= 15 is 0 Å². The molecule has 0 spiro atoms. The monoisotopic (exact) mass is 257 g/mol. The molecule has 1 aliphatic rings. The average molecular weight is 257 g/mol. The quantitative estimate of drug-likeness (QED) is 0.739. The number of hydrogen-bond donors (Lipinski definition) is 2.